The molecule has 1 heterocycles. The van der Waals surface area contributed by atoms with Crippen LogP contribution < -0.4 is 5.32 Å². The normalized spacial score (nSPS) is 15.5. The Bertz CT molecular complexity index is 583. The van der Waals surface area contributed by atoms with Gasteiger partial charge in [-0.1, -0.05) is 18.2 Å². The maximum absolute atomic E-state index is 3.62. The Kier molecular flexibility index (Phi) is 3.79. The Hall–Kier alpha value is -0.640. The lowest BCUT2D eigenvalue weighted by Crippen LogP contribution is -2.16. The van der Waals surface area contributed by atoms with E-state index >= 15 is 0 Å². The van der Waals surface area contributed by atoms with Gasteiger partial charge in [-0.2, -0.15) is 0 Å². The third-order valence-corrected chi connectivity index (χ3v) is 6.11. The molecule has 1 unspecified atom stereocenters. The second-order valence-electron chi connectivity index (χ2n) is 5.16. The maximum Gasteiger partial charge on any atom is 0.0669 e. The van der Waals surface area contributed by atoms with Crippen LogP contribution in [0.25, 0.3) is 0 Å². The number of hydrogen-bond donors (Lipinski definition) is 1. The molecule has 3 rings (SSSR count). The Morgan fingerprint density at radius 1 is 1.21 bits per heavy atom. The third-order valence-electron chi connectivity index (χ3n) is 3.91. The molecule has 0 amide bonds. The number of halogens is 1. The lowest BCUT2D eigenvalue weighted by atomic mass is 10.0. The molecule has 1 atom stereocenters. The number of hydrogen-bond acceptors (Lipinski definition) is 2. The zero-order valence-electron chi connectivity index (χ0n) is 11.3. The third kappa shape index (κ3) is 2.51. The maximum atomic E-state index is 3.62. The Morgan fingerprint density at radius 3 is 2.68 bits per heavy atom. The van der Waals surface area contributed by atoms with E-state index in [0.717, 1.165) is 0 Å². The molecule has 0 bridgehead atoms. The largest absolute Gasteiger partial charge is 0.309 e. The first-order valence-corrected chi connectivity index (χ1v) is 8.35. The van der Waals surface area contributed by atoms with Crippen molar-refractivity contribution in [3.05, 3.63) is 55.2 Å². The SMILES string of the molecule is CNC(c1ccc2c(c1)CCC2)c1cc(Br)c(C)s1. The molecule has 2 aromatic rings. The average Bonchev–Trinajstić information content (AvgIpc) is 2.98. The van der Waals surface area contributed by atoms with E-state index in [2.05, 4.69) is 52.4 Å². The Morgan fingerprint density at radius 2 is 2.00 bits per heavy atom. The van der Waals surface area contributed by atoms with Crippen LogP contribution in [0.3, 0.4) is 0 Å². The van der Waals surface area contributed by atoms with Crippen molar-refractivity contribution in [3.63, 3.8) is 0 Å². The molecule has 1 aliphatic carbocycles. The highest BCUT2D eigenvalue weighted by molar-refractivity contribution is 9.10. The summed E-state index contributed by atoms with van der Waals surface area (Å²) >= 11 is 5.48. The summed E-state index contributed by atoms with van der Waals surface area (Å²) in [5.41, 5.74) is 4.48. The molecule has 1 aromatic heterocycles. The van der Waals surface area contributed by atoms with Gasteiger partial charge in [0, 0.05) is 14.2 Å². The number of aryl methyl sites for hydroxylation is 3. The molecule has 1 aliphatic rings. The van der Waals surface area contributed by atoms with Crippen molar-refractivity contribution in [2.45, 2.75) is 32.2 Å². The molecule has 1 aromatic carbocycles. The predicted molar refractivity (Wildman–Crippen MR) is 86.1 cm³/mol. The molecule has 1 N–H and O–H groups in total. The zero-order chi connectivity index (χ0) is 13.4. The smallest absolute Gasteiger partial charge is 0.0669 e. The van der Waals surface area contributed by atoms with E-state index in [1.54, 1.807) is 11.1 Å². The highest BCUT2D eigenvalue weighted by Gasteiger charge is 2.18. The van der Waals surface area contributed by atoms with Gasteiger partial charge in [0.05, 0.1) is 6.04 Å². The van der Waals surface area contributed by atoms with Crippen LogP contribution in [-0.2, 0) is 12.8 Å². The highest BCUT2D eigenvalue weighted by Crippen LogP contribution is 2.35. The van der Waals surface area contributed by atoms with E-state index in [0.29, 0.717) is 6.04 Å². The number of benzene rings is 1. The van der Waals surface area contributed by atoms with Gasteiger partial charge in [0.2, 0.25) is 0 Å². The van der Waals surface area contributed by atoms with Gasteiger partial charge >= 0.3 is 0 Å². The second kappa shape index (κ2) is 5.39. The number of fused-ring (bicyclic) bond motifs is 1. The van der Waals surface area contributed by atoms with E-state index in [4.69, 9.17) is 0 Å². The molecule has 100 valence electrons. The van der Waals surface area contributed by atoms with Crippen LogP contribution in [0.5, 0.6) is 0 Å². The van der Waals surface area contributed by atoms with Crippen LogP contribution in [0, 0.1) is 6.92 Å². The van der Waals surface area contributed by atoms with Crippen LogP contribution >= 0.6 is 27.3 Å². The minimum Gasteiger partial charge on any atom is -0.309 e. The number of rotatable bonds is 3. The van der Waals surface area contributed by atoms with Crippen molar-refractivity contribution in [2.75, 3.05) is 7.05 Å². The van der Waals surface area contributed by atoms with E-state index in [-0.39, 0.29) is 0 Å². The standard InChI is InChI=1S/C16H18BrNS/c1-10-14(17)9-15(19-10)16(18-2)13-7-6-11-4-3-5-12(11)8-13/h6-9,16,18H,3-5H2,1-2H3. The van der Waals surface area contributed by atoms with Gasteiger partial charge in [-0.3, -0.25) is 0 Å². The Balaban J connectivity index is 1.98. The minimum atomic E-state index is 0.306. The summed E-state index contributed by atoms with van der Waals surface area (Å²) in [4.78, 5) is 2.72. The first-order chi connectivity index (χ1) is 9.19. The van der Waals surface area contributed by atoms with Gasteiger partial charge in [0.25, 0.3) is 0 Å². The molecule has 0 fully saturated rings. The average molecular weight is 336 g/mol. The fourth-order valence-electron chi connectivity index (χ4n) is 2.87. The van der Waals surface area contributed by atoms with Gasteiger partial charge in [-0.15, -0.1) is 11.3 Å². The molecule has 1 nitrogen and oxygen atoms in total. The monoisotopic (exact) mass is 335 g/mol. The van der Waals surface area contributed by atoms with Crippen LogP contribution in [0.2, 0.25) is 0 Å². The molecule has 0 spiro atoms. The first kappa shape index (κ1) is 13.3. The van der Waals surface area contributed by atoms with Crippen molar-refractivity contribution in [2.24, 2.45) is 0 Å². The van der Waals surface area contributed by atoms with Crippen molar-refractivity contribution >= 4 is 27.3 Å². The molecular weight excluding hydrogens is 318 g/mol. The summed E-state index contributed by atoms with van der Waals surface area (Å²) in [6, 6.07) is 9.55. The second-order valence-corrected chi connectivity index (χ2v) is 7.30. The summed E-state index contributed by atoms with van der Waals surface area (Å²) in [6.07, 6.45) is 3.81. The van der Waals surface area contributed by atoms with E-state index < -0.39 is 0 Å². The van der Waals surface area contributed by atoms with Crippen LogP contribution in [0.15, 0.2) is 28.7 Å². The van der Waals surface area contributed by atoms with Gasteiger partial charge < -0.3 is 5.32 Å². The fourth-order valence-corrected chi connectivity index (χ4v) is 4.57. The summed E-state index contributed by atoms with van der Waals surface area (Å²) in [5, 5.41) is 3.46. The van der Waals surface area contributed by atoms with Crippen LogP contribution in [0.4, 0.5) is 0 Å². The lowest BCUT2D eigenvalue weighted by molar-refractivity contribution is 0.702. The van der Waals surface area contributed by atoms with Crippen molar-refractivity contribution in [1.29, 1.82) is 0 Å². The molecule has 0 aliphatic heterocycles. The van der Waals surface area contributed by atoms with Gasteiger partial charge in [0.1, 0.15) is 0 Å². The predicted octanol–water partition coefficient (Wildman–Crippen LogP) is 4.62. The molecule has 3 heteroatoms. The molecule has 0 saturated heterocycles. The molecule has 19 heavy (non-hydrogen) atoms. The minimum absolute atomic E-state index is 0.306. The zero-order valence-corrected chi connectivity index (χ0v) is 13.7. The van der Waals surface area contributed by atoms with Crippen molar-refractivity contribution < 1.29 is 0 Å². The van der Waals surface area contributed by atoms with Crippen LogP contribution in [-0.4, -0.2) is 7.05 Å². The van der Waals surface area contributed by atoms with Gasteiger partial charge in [0.15, 0.2) is 0 Å². The summed E-state index contributed by atoms with van der Waals surface area (Å²) in [6.45, 7) is 2.16. The lowest BCUT2D eigenvalue weighted by Gasteiger charge is -2.16. The van der Waals surface area contributed by atoms with Crippen molar-refractivity contribution in [1.82, 2.24) is 5.32 Å². The first-order valence-electron chi connectivity index (χ1n) is 6.74. The van der Waals surface area contributed by atoms with Crippen molar-refractivity contribution in [3.8, 4) is 0 Å². The van der Waals surface area contributed by atoms with Gasteiger partial charge in [-0.25, -0.2) is 0 Å². The fraction of sp³-hybridized carbons (Fsp3) is 0.375. The molecule has 0 radical (unpaired) electrons. The Labute approximate surface area is 127 Å². The summed E-state index contributed by atoms with van der Waals surface area (Å²) < 4.78 is 1.22. The molecule has 0 saturated carbocycles. The van der Waals surface area contributed by atoms with Gasteiger partial charge in [-0.05, 0) is 71.9 Å². The highest BCUT2D eigenvalue weighted by atomic mass is 79.9. The van der Waals surface area contributed by atoms with Crippen LogP contribution in [0.1, 0.15) is 38.9 Å². The quantitative estimate of drug-likeness (QED) is 0.863. The molecular formula is C16H18BrNS. The van der Waals surface area contributed by atoms with E-state index in [1.165, 1.54) is 39.1 Å². The summed E-state index contributed by atoms with van der Waals surface area (Å²) in [5.74, 6) is 0. The van der Waals surface area contributed by atoms with E-state index in [9.17, 15) is 0 Å². The van der Waals surface area contributed by atoms with E-state index in [1.807, 2.05) is 18.4 Å². The number of nitrogens with one attached hydrogen (secondary N) is 1. The number of thiophene rings is 1. The summed E-state index contributed by atoms with van der Waals surface area (Å²) in [7, 11) is 2.04. The topological polar surface area (TPSA) is 12.0 Å².